The first-order chi connectivity index (χ1) is 9.86. The van der Waals surface area contributed by atoms with Gasteiger partial charge in [-0.2, -0.15) is 4.68 Å². The number of para-hydroxylation sites is 1. The van der Waals surface area contributed by atoms with Crippen molar-refractivity contribution >= 4 is 0 Å². The van der Waals surface area contributed by atoms with Crippen LogP contribution in [0.2, 0.25) is 0 Å². The average Bonchev–Trinajstić information content (AvgIpc) is 2.93. The zero-order valence-corrected chi connectivity index (χ0v) is 12.0. The summed E-state index contributed by atoms with van der Waals surface area (Å²) in [6.07, 6.45) is 5.07. The molecule has 1 aromatic carbocycles. The van der Waals surface area contributed by atoms with Gasteiger partial charge in [0.2, 0.25) is 0 Å². The number of ether oxygens (including phenoxy) is 1. The lowest BCUT2D eigenvalue weighted by Gasteiger charge is -2.10. The number of unbranched alkanes of at least 4 members (excludes halogenated alkanes) is 2. The first-order valence-corrected chi connectivity index (χ1v) is 7.15. The van der Waals surface area contributed by atoms with Crippen LogP contribution in [0.3, 0.4) is 0 Å². The Kier molecular flexibility index (Phi) is 5.53. The summed E-state index contributed by atoms with van der Waals surface area (Å²) >= 11 is 0. The lowest BCUT2D eigenvalue weighted by Crippen LogP contribution is -2.07. The van der Waals surface area contributed by atoms with Crippen molar-refractivity contribution in [1.29, 1.82) is 0 Å². The van der Waals surface area contributed by atoms with Gasteiger partial charge >= 0.3 is 6.01 Å². The van der Waals surface area contributed by atoms with Crippen molar-refractivity contribution < 1.29 is 4.74 Å². The van der Waals surface area contributed by atoms with E-state index < -0.39 is 0 Å². The highest BCUT2D eigenvalue weighted by atomic mass is 16.5. The van der Waals surface area contributed by atoms with Crippen molar-refractivity contribution in [2.45, 2.75) is 39.0 Å². The van der Waals surface area contributed by atoms with E-state index in [4.69, 9.17) is 4.74 Å². The molecule has 107 valence electrons. The Morgan fingerprint density at radius 3 is 2.90 bits per heavy atom. The number of hydrogen-bond donors (Lipinski definition) is 0. The maximum absolute atomic E-state index is 5.68. The molecule has 0 atom stereocenters. The largest absolute Gasteiger partial charge is 0.462 e. The standard InChI is InChI=1S/C15H21N4O/c1-3-5-8-12-20-15-16-17-18-19(15)14-11-7-6-10-13(14)9-4-2/h6-7,10-11H,2-5,8-9,12H2,1H3. The summed E-state index contributed by atoms with van der Waals surface area (Å²) < 4.78 is 7.34. The second-order valence-electron chi connectivity index (χ2n) is 4.66. The number of aryl methyl sites for hydroxylation is 1. The molecule has 0 saturated heterocycles. The van der Waals surface area contributed by atoms with E-state index in [2.05, 4.69) is 35.4 Å². The molecule has 0 amide bonds. The predicted octanol–water partition coefficient (Wildman–Crippen LogP) is 3.00. The molecule has 0 bridgehead atoms. The summed E-state index contributed by atoms with van der Waals surface area (Å²) in [5.74, 6) is 0. The molecule has 0 unspecified atom stereocenters. The topological polar surface area (TPSA) is 52.8 Å². The SMILES string of the molecule is [CH2]CCc1ccccc1-n1nnnc1OCCCCC. The maximum atomic E-state index is 5.68. The van der Waals surface area contributed by atoms with Crippen LogP contribution in [0, 0.1) is 6.92 Å². The zero-order chi connectivity index (χ0) is 14.2. The summed E-state index contributed by atoms with van der Waals surface area (Å²) in [6, 6.07) is 8.52. The van der Waals surface area contributed by atoms with Gasteiger partial charge in [-0.15, -0.1) is 0 Å². The Balaban J connectivity index is 2.15. The van der Waals surface area contributed by atoms with E-state index in [0.717, 1.165) is 31.4 Å². The molecule has 1 radical (unpaired) electrons. The monoisotopic (exact) mass is 273 g/mol. The van der Waals surface area contributed by atoms with Crippen molar-refractivity contribution in [2.75, 3.05) is 6.61 Å². The Labute approximate surface area is 120 Å². The molecule has 0 fully saturated rings. The lowest BCUT2D eigenvalue weighted by molar-refractivity contribution is 0.275. The fourth-order valence-corrected chi connectivity index (χ4v) is 2.05. The van der Waals surface area contributed by atoms with Crippen LogP contribution in [0.1, 0.15) is 38.2 Å². The molecule has 5 nitrogen and oxygen atoms in total. The van der Waals surface area contributed by atoms with Gasteiger partial charge in [-0.05, 0) is 41.3 Å². The summed E-state index contributed by atoms with van der Waals surface area (Å²) in [5, 5.41) is 11.7. The maximum Gasteiger partial charge on any atom is 0.340 e. The Hall–Kier alpha value is -1.91. The smallest absolute Gasteiger partial charge is 0.340 e. The molecule has 0 aliphatic heterocycles. The molecular weight excluding hydrogens is 252 g/mol. The van der Waals surface area contributed by atoms with Crippen LogP contribution in [0.15, 0.2) is 24.3 Å². The summed E-state index contributed by atoms with van der Waals surface area (Å²) in [5.41, 5.74) is 2.14. The highest BCUT2D eigenvalue weighted by molar-refractivity contribution is 5.41. The molecule has 0 aliphatic rings. The van der Waals surface area contributed by atoms with Crippen LogP contribution in [0.5, 0.6) is 6.01 Å². The zero-order valence-electron chi connectivity index (χ0n) is 12.0. The van der Waals surface area contributed by atoms with Gasteiger partial charge in [0.1, 0.15) is 0 Å². The highest BCUT2D eigenvalue weighted by Gasteiger charge is 2.12. The third-order valence-corrected chi connectivity index (χ3v) is 3.09. The number of nitrogens with zero attached hydrogens (tertiary/aromatic N) is 4. The lowest BCUT2D eigenvalue weighted by atomic mass is 10.1. The molecule has 0 N–H and O–H groups in total. The minimum atomic E-state index is 0.456. The van der Waals surface area contributed by atoms with Crippen molar-refractivity contribution in [2.24, 2.45) is 0 Å². The van der Waals surface area contributed by atoms with E-state index >= 15 is 0 Å². The highest BCUT2D eigenvalue weighted by Crippen LogP contribution is 2.19. The van der Waals surface area contributed by atoms with Gasteiger partial charge in [0.05, 0.1) is 12.3 Å². The van der Waals surface area contributed by atoms with Gasteiger partial charge in [0.15, 0.2) is 0 Å². The van der Waals surface area contributed by atoms with Crippen LogP contribution in [0.4, 0.5) is 0 Å². The summed E-state index contributed by atoms with van der Waals surface area (Å²) in [4.78, 5) is 0. The van der Waals surface area contributed by atoms with Crippen molar-refractivity contribution in [3.63, 3.8) is 0 Å². The van der Waals surface area contributed by atoms with Gasteiger partial charge in [0.25, 0.3) is 0 Å². The second-order valence-corrected chi connectivity index (χ2v) is 4.66. The van der Waals surface area contributed by atoms with Gasteiger partial charge in [-0.1, -0.05) is 50.0 Å². The number of benzene rings is 1. The third kappa shape index (κ3) is 3.56. The minimum absolute atomic E-state index is 0.456. The minimum Gasteiger partial charge on any atom is -0.462 e. The number of hydrogen-bond acceptors (Lipinski definition) is 4. The Morgan fingerprint density at radius 1 is 1.25 bits per heavy atom. The normalized spacial score (nSPS) is 10.7. The molecule has 2 rings (SSSR count). The van der Waals surface area contributed by atoms with Crippen molar-refractivity contribution in [1.82, 2.24) is 20.2 Å². The molecule has 0 spiro atoms. The molecule has 20 heavy (non-hydrogen) atoms. The summed E-state index contributed by atoms with van der Waals surface area (Å²) in [7, 11) is 0. The molecule has 0 aliphatic carbocycles. The Morgan fingerprint density at radius 2 is 2.10 bits per heavy atom. The van der Waals surface area contributed by atoms with Crippen LogP contribution in [-0.4, -0.2) is 26.8 Å². The van der Waals surface area contributed by atoms with Gasteiger partial charge in [-0.3, -0.25) is 0 Å². The second kappa shape index (κ2) is 7.62. The fraction of sp³-hybridized carbons (Fsp3) is 0.467. The van der Waals surface area contributed by atoms with Gasteiger partial charge < -0.3 is 4.74 Å². The van der Waals surface area contributed by atoms with E-state index in [-0.39, 0.29) is 0 Å². The van der Waals surface area contributed by atoms with Gasteiger partial charge in [-0.25, -0.2) is 0 Å². The molecule has 0 saturated carbocycles. The molecular formula is C15H21N4O. The number of tetrazole rings is 1. The van der Waals surface area contributed by atoms with Crippen LogP contribution >= 0.6 is 0 Å². The molecule has 1 heterocycles. The van der Waals surface area contributed by atoms with Gasteiger partial charge in [0, 0.05) is 0 Å². The van der Waals surface area contributed by atoms with Crippen LogP contribution in [-0.2, 0) is 6.42 Å². The molecule has 5 heteroatoms. The summed E-state index contributed by atoms with van der Waals surface area (Å²) in [6.45, 7) is 6.71. The number of rotatable bonds is 8. The third-order valence-electron chi connectivity index (χ3n) is 3.09. The first kappa shape index (κ1) is 14.5. The van der Waals surface area contributed by atoms with Crippen LogP contribution < -0.4 is 4.74 Å². The van der Waals surface area contributed by atoms with Crippen molar-refractivity contribution in [3.8, 4) is 11.7 Å². The molecule has 2 aromatic rings. The quantitative estimate of drug-likeness (QED) is 0.694. The van der Waals surface area contributed by atoms with E-state index in [1.165, 1.54) is 12.0 Å². The van der Waals surface area contributed by atoms with E-state index in [9.17, 15) is 0 Å². The van der Waals surface area contributed by atoms with Crippen LogP contribution in [0.25, 0.3) is 5.69 Å². The van der Waals surface area contributed by atoms with E-state index in [1.54, 1.807) is 4.68 Å². The fourth-order valence-electron chi connectivity index (χ4n) is 2.05. The molecule has 1 aromatic heterocycles. The predicted molar refractivity (Wildman–Crippen MR) is 77.9 cm³/mol. The first-order valence-electron chi connectivity index (χ1n) is 7.15. The Bertz CT molecular complexity index is 524. The average molecular weight is 273 g/mol. The number of aromatic nitrogens is 4. The van der Waals surface area contributed by atoms with E-state index in [1.807, 2.05) is 18.2 Å². The van der Waals surface area contributed by atoms with E-state index in [0.29, 0.717) is 12.6 Å². The van der Waals surface area contributed by atoms with Crippen molar-refractivity contribution in [3.05, 3.63) is 36.8 Å².